The summed E-state index contributed by atoms with van der Waals surface area (Å²) >= 11 is 0. The van der Waals surface area contributed by atoms with Gasteiger partial charge in [0.2, 0.25) is 0 Å². The van der Waals surface area contributed by atoms with Crippen LogP contribution in [0.25, 0.3) is 0 Å². The van der Waals surface area contributed by atoms with E-state index in [1.54, 1.807) is 0 Å². The van der Waals surface area contributed by atoms with E-state index in [0.717, 1.165) is 38.2 Å². The standard InChI is InChI=1S/C18H26N2O2/c21-18(17-7-2-10-20(17)15-8-9-15)19(12-14-4-1-5-14)13-16-6-3-11-22-16/h2,7,10,14-16H,1,3-6,8-9,11-13H2. The van der Waals surface area contributed by atoms with E-state index in [1.807, 2.05) is 12.1 Å². The maximum atomic E-state index is 13.1. The zero-order valence-electron chi connectivity index (χ0n) is 13.2. The zero-order valence-corrected chi connectivity index (χ0v) is 13.2. The minimum atomic E-state index is 0.208. The molecule has 3 fully saturated rings. The summed E-state index contributed by atoms with van der Waals surface area (Å²) in [5.74, 6) is 0.911. The van der Waals surface area contributed by atoms with Crippen LogP contribution in [-0.2, 0) is 4.74 Å². The van der Waals surface area contributed by atoms with Crippen LogP contribution in [-0.4, -0.2) is 41.2 Å². The number of nitrogens with zero attached hydrogens (tertiary/aromatic N) is 2. The fourth-order valence-corrected chi connectivity index (χ4v) is 3.67. The van der Waals surface area contributed by atoms with Gasteiger partial charge in [0.25, 0.3) is 5.91 Å². The van der Waals surface area contributed by atoms with Crippen molar-refractivity contribution in [2.24, 2.45) is 5.92 Å². The molecule has 1 saturated heterocycles. The average molecular weight is 302 g/mol. The molecule has 2 heterocycles. The van der Waals surface area contributed by atoms with Gasteiger partial charge < -0.3 is 14.2 Å². The molecule has 1 amide bonds. The lowest BCUT2D eigenvalue weighted by molar-refractivity contribution is 0.0440. The number of carbonyl (C=O) groups is 1. The van der Waals surface area contributed by atoms with Crippen LogP contribution in [0.15, 0.2) is 18.3 Å². The van der Waals surface area contributed by atoms with Crippen LogP contribution in [0, 0.1) is 5.92 Å². The lowest BCUT2D eigenvalue weighted by atomic mass is 9.85. The molecule has 4 heteroatoms. The minimum Gasteiger partial charge on any atom is -0.376 e. The van der Waals surface area contributed by atoms with Gasteiger partial charge in [0, 0.05) is 31.9 Å². The number of ether oxygens (including phenoxy) is 1. The summed E-state index contributed by atoms with van der Waals surface area (Å²) in [5, 5.41) is 0. The monoisotopic (exact) mass is 302 g/mol. The van der Waals surface area contributed by atoms with Crippen molar-refractivity contribution >= 4 is 5.91 Å². The van der Waals surface area contributed by atoms with Gasteiger partial charge in [-0.2, -0.15) is 0 Å². The van der Waals surface area contributed by atoms with Crippen molar-refractivity contribution in [2.75, 3.05) is 19.7 Å². The first-order valence-corrected chi connectivity index (χ1v) is 8.89. The van der Waals surface area contributed by atoms with Crippen LogP contribution in [0.3, 0.4) is 0 Å². The van der Waals surface area contributed by atoms with Crippen molar-refractivity contribution in [1.29, 1.82) is 0 Å². The molecule has 0 aromatic carbocycles. The van der Waals surface area contributed by atoms with E-state index in [9.17, 15) is 4.79 Å². The summed E-state index contributed by atoms with van der Waals surface area (Å²) in [5.41, 5.74) is 0.875. The predicted molar refractivity (Wildman–Crippen MR) is 84.9 cm³/mol. The molecule has 22 heavy (non-hydrogen) atoms. The molecular weight excluding hydrogens is 276 g/mol. The summed E-state index contributed by atoms with van der Waals surface area (Å²) < 4.78 is 7.96. The molecule has 1 aromatic rings. The van der Waals surface area contributed by atoms with E-state index in [1.165, 1.54) is 32.1 Å². The number of hydrogen-bond donors (Lipinski definition) is 0. The molecule has 3 aliphatic rings. The summed E-state index contributed by atoms with van der Waals surface area (Å²) in [6.45, 7) is 2.54. The number of rotatable bonds is 6. The van der Waals surface area contributed by atoms with Gasteiger partial charge >= 0.3 is 0 Å². The highest BCUT2D eigenvalue weighted by Crippen LogP contribution is 2.36. The molecule has 0 bridgehead atoms. The SMILES string of the molecule is O=C(c1cccn1C1CC1)N(CC1CCC1)CC1CCCO1. The van der Waals surface area contributed by atoms with Crippen molar-refractivity contribution in [3.05, 3.63) is 24.0 Å². The second kappa shape index (κ2) is 6.07. The topological polar surface area (TPSA) is 34.5 Å². The van der Waals surface area contributed by atoms with Crippen molar-refractivity contribution in [1.82, 2.24) is 9.47 Å². The molecule has 1 unspecified atom stereocenters. The number of hydrogen-bond acceptors (Lipinski definition) is 2. The number of aromatic nitrogens is 1. The van der Waals surface area contributed by atoms with Gasteiger partial charge in [-0.15, -0.1) is 0 Å². The highest BCUT2D eigenvalue weighted by molar-refractivity contribution is 5.93. The molecule has 4 rings (SSSR count). The summed E-state index contributed by atoms with van der Waals surface area (Å²) in [4.78, 5) is 15.1. The smallest absolute Gasteiger partial charge is 0.270 e. The van der Waals surface area contributed by atoms with E-state index < -0.39 is 0 Å². The Kier molecular flexibility index (Phi) is 3.95. The summed E-state index contributed by atoms with van der Waals surface area (Å²) in [7, 11) is 0. The van der Waals surface area contributed by atoms with Gasteiger partial charge in [0.05, 0.1) is 6.10 Å². The molecule has 2 aliphatic carbocycles. The Morgan fingerprint density at radius 1 is 1.18 bits per heavy atom. The van der Waals surface area contributed by atoms with Crippen LogP contribution >= 0.6 is 0 Å². The first-order chi connectivity index (χ1) is 10.8. The van der Waals surface area contributed by atoms with E-state index in [-0.39, 0.29) is 12.0 Å². The fourth-order valence-electron chi connectivity index (χ4n) is 3.67. The van der Waals surface area contributed by atoms with Crippen LogP contribution in [0.2, 0.25) is 0 Å². The third-order valence-corrected chi connectivity index (χ3v) is 5.38. The second-order valence-electron chi connectivity index (χ2n) is 7.17. The number of carbonyl (C=O) groups excluding carboxylic acids is 1. The molecule has 0 radical (unpaired) electrons. The highest BCUT2D eigenvalue weighted by Gasteiger charge is 2.31. The van der Waals surface area contributed by atoms with E-state index >= 15 is 0 Å². The zero-order chi connectivity index (χ0) is 14.9. The van der Waals surface area contributed by atoms with Gasteiger partial charge in [-0.1, -0.05) is 6.42 Å². The Hall–Kier alpha value is -1.29. The maximum Gasteiger partial charge on any atom is 0.270 e. The normalized spacial score (nSPS) is 25.2. The molecule has 0 spiro atoms. The summed E-state index contributed by atoms with van der Waals surface area (Å²) in [6.07, 6.45) is 10.8. The lowest BCUT2D eigenvalue weighted by Crippen LogP contribution is -2.42. The Balaban J connectivity index is 1.49. The summed E-state index contributed by atoms with van der Waals surface area (Å²) in [6, 6.07) is 4.56. The van der Waals surface area contributed by atoms with Crippen LogP contribution in [0.1, 0.15) is 61.5 Å². The van der Waals surface area contributed by atoms with Crippen molar-refractivity contribution in [3.63, 3.8) is 0 Å². The number of amides is 1. The largest absolute Gasteiger partial charge is 0.376 e. The Morgan fingerprint density at radius 2 is 2.05 bits per heavy atom. The molecule has 120 valence electrons. The quantitative estimate of drug-likeness (QED) is 0.808. The maximum absolute atomic E-state index is 13.1. The highest BCUT2D eigenvalue weighted by atomic mass is 16.5. The van der Waals surface area contributed by atoms with Crippen molar-refractivity contribution < 1.29 is 9.53 Å². The molecule has 1 atom stereocenters. The van der Waals surface area contributed by atoms with Crippen LogP contribution < -0.4 is 0 Å². The van der Waals surface area contributed by atoms with Gasteiger partial charge in [-0.05, 0) is 56.6 Å². The molecular formula is C18H26N2O2. The van der Waals surface area contributed by atoms with Crippen LogP contribution in [0.5, 0.6) is 0 Å². The molecule has 1 aliphatic heterocycles. The van der Waals surface area contributed by atoms with Gasteiger partial charge in [0.15, 0.2) is 0 Å². The second-order valence-corrected chi connectivity index (χ2v) is 7.17. The Bertz CT molecular complexity index is 525. The molecule has 2 saturated carbocycles. The molecule has 1 aromatic heterocycles. The average Bonchev–Trinajstić information content (AvgIpc) is 3.00. The first kappa shape index (κ1) is 14.3. The minimum absolute atomic E-state index is 0.208. The third-order valence-electron chi connectivity index (χ3n) is 5.38. The third kappa shape index (κ3) is 2.94. The molecule has 0 N–H and O–H groups in total. The molecule has 4 nitrogen and oxygen atoms in total. The fraction of sp³-hybridized carbons (Fsp3) is 0.722. The Morgan fingerprint density at radius 3 is 2.68 bits per heavy atom. The predicted octanol–water partition coefficient (Wildman–Crippen LogP) is 3.24. The first-order valence-electron chi connectivity index (χ1n) is 8.89. The van der Waals surface area contributed by atoms with Crippen LogP contribution in [0.4, 0.5) is 0 Å². The van der Waals surface area contributed by atoms with Crippen molar-refractivity contribution in [2.45, 2.75) is 57.1 Å². The van der Waals surface area contributed by atoms with E-state index in [0.29, 0.717) is 12.0 Å². The van der Waals surface area contributed by atoms with Gasteiger partial charge in [-0.25, -0.2) is 0 Å². The van der Waals surface area contributed by atoms with Crippen molar-refractivity contribution in [3.8, 4) is 0 Å². The van der Waals surface area contributed by atoms with Gasteiger partial charge in [0.1, 0.15) is 5.69 Å². The Labute approximate surface area is 132 Å². The van der Waals surface area contributed by atoms with Gasteiger partial charge in [-0.3, -0.25) is 4.79 Å². The van der Waals surface area contributed by atoms with E-state index in [2.05, 4.69) is 15.7 Å². The lowest BCUT2D eigenvalue weighted by Gasteiger charge is -2.33. The van der Waals surface area contributed by atoms with E-state index in [4.69, 9.17) is 4.74 Å².